The third-order valence-corrected chi connectivity index (χ3v) is 3.26. The van der Waals surface area contributed by atoms with E-state index in [1.165, 1.54) is 5.56 Å². The Morgan fingerprint density at radius 3 is 2.89 bits per heavy atom. The van der Waals surface area contributed by atoms with Crippen LogP contribution >= 0.6 is 15.9 Å². The van der Waals surface area contributed by atoms with E-state index in [2.05, 4.69) is 28.2 Å². The van der Waals surface area contributed by atoms with Gasteiger partial charge in [0.1, 0.15) is 0 Å². The first-order valence-corrected chi connectivity index (χ1v) is 7.18. The number of halogens is 1. The van der Waals surface area contributed by atoms with Gasteiger partial charge >= 0.3 is 0 Å². The van der Waals surface area contributed by atoms with Crippen molar-refractivity contribution in [3.05, 3.63) is 28.2 Å². The molecule has 0 heterocycles. The van der Waals surface area contributed by atoms with Crippen molar-refractivity contribution in [2.45, 2.75) is 32.8 Å². The Kier molecular flexibility index (Phi) is 7.32. The molecule has 1 rings (SSSR count). The highest BCUT2D eigenvalue weighted by molar-refractivity contribution is 9.10. The zero-order valence-electron chi connectivity index (χ0n) is 11.1. The lowest BCUT2D eigenvalue weighted by Gasteiger charge is -2.14. The van der Waals surface area contributed by atoms with Crippen LogP contribution in [0.5, 0.6) is 0 Å². The third kappa shape index (κ3) is 5.85. The van der Waals surface area contributed by atoms with Crippen molar-refractivity contribution in [3.8, 4) is 0 Å². The average Bonchev–Trinajstić information content (AvgIpc) is 2.33. The Labute approximate surface area is 118 Å². The smallest absolute Gasteiger partial charge is 0.0945 e. The Balaban J connectivity index is 2.27. The van der Waals surface area contributed by atoms with E-state index in [4.69, 9.17) is 4.74 Å². The highest BCUT2D eigenvalue weighted by Crippen LogP contribution is 2.23. The van der Waals surface area contributed by atoms with Crippen molar-refractivity contribution in [1.82, 2.24) is 0 Å². The summed E-state index contributed by atoms with van der Waals surface area (Å²) in [5, 5.41) is 13.0. The van der Waals surface area contributed by atoms with Crippen LogP contribution < -0.4 is 5.32 Å². The molecule has 1 aromatic rings. The van der Waals surface area contributed by atoms with Crippen molar-refractivity contribution >= 4 is 21.6 Å². The van der Waals surface area contributed by atoms with Gasteiger partial charge in [-0.3, -0.25) is 0 Å². The summed E-state index contributed by atoms with van der Waals surface area (Å²) in [4.78, 5) is 0. The Morgan fingerprint density at radius 1 is 1.44 bits per heavy atom. The summed E-state index contributed by atoms with van der Waals surface area (Å²) in [6, 6.07) is 6.09. The summed E-state index contributed by atoms with van der Waals surface area (Å²) < 4.78 is 6.39. The summed E-state index contributed by atoms with van der Waals surface area (Å²) in [6.45, 7) is 5.77. The molecule has 0 aromatic heterocycles. The number of anilines is 1. The Hall–Kier alpha value is -0.580. The molecule has 18 heavy (non-hydrogen) atoms. The Morgan fingerprint density at radius 2 is 2.22 bits per heavy atom. The maximum absolute atomic E-state index is 9.75. The molecule has 0 radical (unpaired) electrons. The molecule has 0 saturated carbocycles. The minimum absolute atomic E-state index is 0.385. The predicted octanol–water partition coefficient (Wildman–Crippen LogP) is 3.35. The fraction of sp³-hybridized carbons (Fsp3) is 0.571. The van der Waals surface area contributed by atoms with Gasteiger partial charge in [-0.1, -0.05) is 19.4 Å². The van der Waals surface area contributed by atoms with Gasteiger partial charge in [0.05, 0.1) is 12.7 Å². The van der Waals surface area contributed by atoms with Gasteiger partial charge in [-0.25, -0.2) is 0 Å². The molecule has 4 heteroatoms. The van der Waals surface area contributed by atoms with Gasteiger partial charge in [-0.2, -0.15) is 0 Å². The minimum Gasteiger partial charge on any atom is -0.389 e. The van der Waals surface area contributed by atoms with E-state index in [1.807, 2.05) is 25.1 Å². The lowest BCUT2D eigenvalue weighted by Crippen LogP contribution is -2.25. The fourth-order valence-electron chi connectivity index (χ4n) is 1.52. The van der Waals surface area contributed by atoms with Crippen molar-refractivity contribution in [2.24, 2.45) is 0 Å². The summed E-state index contributed by atoms with van der Waals surface area (Å²) in [6.07, 6.45) is 1.68. The summed E-state index contributed by atoms with van der Waals surface area (Å²) in [7, 11) is 0. The van der Waals surface area contributed by atoms with E-state index in [1.54, 1.807) is 0 Å². The molecule has 0 amide bonds. The number of aryl methyl sites for hydroxylation is 1. The van der Waals surface area contributed by atoms with Crippen molar-refractivity contribution in [1.29, 1.82) is 0 Å². The van der Waals surface area contributed by atoms with Gasteiger partial charge in [-0.15, -0.1) is 0 Å². The molecule has 1 unspecified atom stereocenters. The maximum atomic E-state index is 9.75. The number of unbranched alkanes of at least 4 members (excludes halogenated alkanes) is 1. The van der Waals surface area contributed by atoms with Crippen LogP contribution in [-0.2, 0) is 4.74 Å². The standard InChI is InChI=1S/C14H22BrNO2/c1-3-4-7-18-10-12(17)9-16-14-6-5-11(2)8-13(14)15/h5-6,8,12,16-17H,3-4,7,9-10H2,1-2H3. The average molecular weight is 316 g/mol. The molecule has 0 aliphatic carbocycles. The van der Waals surface area contributed by atoms with Crippen LogP contribution in [0.25, 0.3) is 0 Å². The van der Waals surface area contributed by atoms with Crippen molar-refractivity contribution in [2.75, 3.05) is 25.1 Å². The molecule has 0 fully saturated rings. The van der Waals surface area contributed by atoms with Crippen LogP contribution in [0, 0.1) is 6.92 Å². The number of aliphatic hydroxyl groups excluding tert-OH is 1. The zero-order chi connectivity index (χ0) is 13.4. The van der Waals surface area contributed by atoms with E-state index in [0.717, 1.165) is 29.6 Å². The second-order valence-corrected chi connectivity index (χ2v) is 5.30. The Bertz CT molecular complexity index is 358. The number of nitrogens with one attached hydrogen (secondary N) is 1. The van der Waals surface area contributed by atoms with Gasteiger partial charge in [0.25, 0.3) is 0 Å². The molecule has 2 N–H and O–H groups in total. The zero-order valence-corrected chi connectivity index (χ0v) is 12.7. The molecule has 1 atom stereocenters. The molecule has 0 bridgehead atoms. The van der Waals surface area contributed by atoms with Crippen LogP contribution in [0.1, 0.15) is 25.3 Å². The quantitative estimate of drug-likeness (QED) is 0.723. The second kappa shape index (κ2) is 8.51. The van der Waals surface area contributed by atoms with Gasteiger partial charge < -0.3 is 15.2 Å². The van der Waals surface area contributed by atoms with Crippen LogP contribution in [0.2, 0.25) is 0 Å². The van der Waals surface area contributed by atoms with Gasteiger partial charge in [0.15, 0.2) is 0 Å². The number of ether oxygens (including phenoxy) is 1. The van der Waals surface area contributed by atoms with Crippen LogP contribution in [0.15, 0.2) is 22.7 Å². The second-order valence-electron chi connectivity index (χ2n) is 4.45. The van der Waals surface area contributed by atoms with Crippen molar-refractivity contribution < 1.29 is 9.84 Å². The number of aliphatic hydroxyl groups is 1. The number of benzene rings is 1. The number of hydrogen-bond acceptors (Lipinski definition) is 3. The van der Waals surface area contributed by atoms with E-state index < -0.39 is 6.10 Å². The summed E-state index contributed by atoms with van der Waals surface area (Å²) >= 11 is 3.50. The summed E-state index contributed by atoms with van der Waals surface area (Å²) in [5.41, 5.74) is 2.20. The highest BCUT2D eigenvalue weighted by Gasteiger charge is 2.05. The lowest BCUT2D eigenvalue weighted by atomic mass is 10.2. The predicted molar refractivity (Wildman–Crippen MR) is 79.1 cm³/mol. The number of rotatable bonds is 8. The van der Waals surface area contributed by atoms with Gasteiger partial charge in [0, 0.05) is 23.3 Å². The first kappa shape index (κ1) is 15.5. The summed E-state index contributed by atoms with van der Waals surface area (Å²) in [5.74, 6) is 0. The molecule has 0 saturated heterocycles. The largest absolute Gasteiger partial charge is 0.389 e. The molecule has 102 valence electrons. The molecule has 1 aromatic carbocycles. The van der Waals surface area contributed by atoms with Gasteiger partial charge in [0.2, 0.25) is 0 Å². The molecule has 3 nitrogen and oxygen atoms in total. The molecular weight excluding hydrogens is 294 g/mol. The van der Waals surface area contributed by atoms with Gasteiger partial charge in [-0.05, 0) is 47.0 Å². The molecular formula is C14H22BrNO2. The lowest BCUT2D eigenvalue weighted by molar-refractivity contribution is 0.0421. The highest BCUT2D eigenvalue weighted by atomic mass is 79.9. The van der Waals surface area contributed by atoms with Crippen molar-refractivity contribution in [3.63, 3.8) is 0 Å². The van der Waals surface area contributed by atoms with E-state index in [0.29, 0.717) is 13.2 Å². The molecule has 0 aliphatic heterocycles. The number of hydrogen-bond donors (Lipinski definition) is 2. The van der Waals surface area contributed by atoms with Crippen LogP contribution in [0.3, 0.4) is 0 Å². The normalized spacial score (nSPS) is 12.4. The van der Waals surface area contributed by atoms with Crippen LogP contribution in [0.4, 0.5) is 5.69 Å². The van der Waals surface area contributed by atoms with E-state index in [9.17, 15) is 5.11 Å². The maximum Gasteiger partial charge on any atom is 0.0945 e. The van der Waals surface area contributed by atoms with E-state index >= 15 is 0 Å². The van der Waals surface area contributed by atoms with Crippen LogP contribution in [-0.4, -0.2) is 31.0 Å². The SMILES string of the molecule is CCCCOCC(O)CNc1ccc(C)cc1Br. The minimum atomic E-state index is -0.477. The first-order valence-electron chi connectivity index (χ1n) is 6.39. The fourth-order valence-corrected chi connectivity index (χ4v) is 2.15. The molecule has 0 aliphatic rings. The monoisotopic (exact) mass is 315 g/mol. The topological polar surface area (TPSA) is 41.5 Å². The third-order valence-electron chi connectivity index (χ3n) is 2.61. The first-order chi connectivity index (χ1) is 8.63. The van der Waals surface area contributed by atoms with E-state index in [-0.39, 0.29) is 0 Å². The molecule has 0 spiro atoms.